The van der Waals surface area contributed by atoms with Crippen LogP contribution in [0.3, 0.4) is 0 Å². The molecule has 0 fully saturated rings. The highest BCUT2D eigenvalue weighted by Gasteiger charge is 2.29. The van der Waals surface area contributed by atoms with E-state index in [0.717, 1.165) is 30.4 Å². The van der Waals surface area contributed by atoms with Gasteiger partial charge in [-0.05, 0) is 41.5 Å². The van der Waals surface area contributed by atoms with Crippen molar-refractivity contribution in [2.45, 2.75) is 45.1 Å². The fraction of sp³-hybridized carbons (Fsp3) is 0.267. The van der Waals surface area contributed by atoms with Gasteiger partial charge in [-0.1, -0.05) is 105 Å². The Labute approximate surface area is 195 Å². The van der Waals surface area contributed by atoms with Crippen LogP contribution < -0.4 is 0 Å². The second kappa shape index (κ2) is 10.3. The summed E-state index contributed by atoms with van der Waals surface area (Å²) >= 11 is 0. The maximum atomic E-state index is 15.1. The minimum atomic E-state index is -0.818. The quantitative estimate of drug-likeness (QED) is 0.338. The van der Waals surface area contributed by atoms with E-state index in [-0.39, 0.29) is 16.7 Å². The molecule has 170 valence electrons. The normalized spacial score (nSPS) is 17.8. The zero-order valence-corrected chi connectivity index (χ0v) is 19.3. The molecule has 33 heavy (non-hydrogen) atoms. The average Bonchev–Trinajstić information content (AvgIpc) is 2.86. The molecule has 0 N–H and O–H groups in total. The standard InChI is InChI=1S/C30H30F2O/c1-3-18-30(33-21-4-2)19-16-25(17-20-30)27-15-14-26(28(31)29(27)32)24-12-10-23(11-13-24)22-8-6-5-7-9-22/h5-17,19H,3-4,18,20-21H2,1-2H3. The number of benzene rings is 3. The van der Waals surface area contributed by atoms with Gasteiger partial charge in [0.2, 0.25) is 0 Å². The maximum absolute atomic E-state index is 15.1. The monoisotopic (exact) mass is 444 g/mol. The number of rotatable bonds is 8. The van der Waals surface area contributed by atoms with Gasteiger partial charge in [-0.25, -0.2) is 8.78 Å². The summed E-state index contributed by atoms with van der Waals surface area (Å²) in [5.41, 5.74) is 3.69. The number of ether oxygens (including phenoxy) is 1. The largest absolute Gasteiger partial charge is 0.371 e. The highest BCUT2D eigenvalue weighted by atomic mass is 19.2. The lowest BCUT2D eigenvalue weighted by Crippen LogP contribution is -2.31. The molecule has 0 radical (unpaired) electrons. The van der Waals surface area contributed by atoms with Gasteiger partial charge in [0.05, 0.1) is 5.60 Å². The van der Waals surface area contributed by atoms with Crippen LogP contribution in [0.5, 0.6) is 0 Å². The van der Waals surface area contributed by atoms with Crippen LogP contribution in [0.15, 0.2) is 85.0 Å². The predicted molar refractivity (Wildman–Crippen MR) is 133 cm³/mol. The van der Waals surface area contributed by atoms with E-state index in [4.69, 9.17) is 4.74 Å². The van der Waals surface area contributed by atoms with Crippen molar-refractivity contribution in [1.29, 1.82) is 0 Å². The Morgan fingerprint density at radius 3 is 2.03 bits per heavy atom. The third kappa shape index (κ3) is 4.99. The van der Waals surface area contributed by atoms with Crippen LogP contribution in [0.4, 0.5) is 8.78 Å². The Bertz CT molecular complexity index is 1150. The number of hydrogen-bond donors (Lipinski definition) is 0. The van der Waals surface area contributed by atoms with Gasteiger partial charge in [-0.15, -0.1) is 0 Å². The van der Waals surface area contributed by atoms with Gasteiger partial charge in [-0.2, -0.15) is 0 Å². The van der Waals surface area contributed by atoms with Crippen molar-refractivity contribution in [2.75, 3.05) is 6.61 Å². The molecule has 3 aromatic rings. The lowest BCUT2D eigenvalue weighted by molar-refractivity contribution is -0.0131. The second-order valence-corrected chi connectivity index (χ2v) is 8.59. The summed E-state index contributed by atoms with van der Waals surface area (Å²) in [7, 11) is 0. The summed E-state index contributed by atoms with van der Waals surface area (Å²) in [6, 6.07) is 20.9. The van der Waals surface area contributed by atoms with Gasteiger partial charge in [0.1, 0.15) is 0 Å². The van der Waals surface area contributed by atoms with Crippen LogP contribution in [-0.4, -0.2) is 12.2 Å². The summed E-state index contributed by atoms with van der Waals surface area (Å²) in [6.45, 7) is 4.90. The van der Waals surface area contributed by atoms with E-state index in [9.17, 15) is 0 Å². The predicted octanol–water partition coefficient (Wildman–Crippen LogP) is 8.61. The molecule has 0 aromatic heterocycles. The molecule has 0 amide bonds. The topological polar surface area (TPSA) is 9.23 Å². The van der Waals surface area contributed by atoms with Crippen LogP contribution >= 0.6 is 0 Å². The van der Waals surface area contributed by atoms with Crippen molar-refractivity contribution in [3.05, 3.63) is 102 Å². The molecule has 1 atom stereocenters. The highest BCUT2D eigenvalue weighted by molar-refractivity contribution is 5.78. The maximum Gasteiger partial charge on any atom is 0.167 e. The molecule has 0 saturated carbocycles. The van der Waals surface area contributed by atoms with Crippen molar-refractivity contribution >= 4 is 5.57 Å². The number of halogens is 2. The summed E-state index contributed by atoms with van der Waals surface area (Å²) in [5.74, 6) is -1.63. The van der Waals surface area contributed by atoms with Crippen LogP contribution in [-0.2, 0) is 4.74 Å². The number of hydrogen-bond acceptors (Lipinski definition) is 1. The fourth-order valence-corrected chi connectivity index (χ4v) is 4.42. The van der Waals surface area contributed by atoms with E-state index >= 15 is 8.78 Å². The second-order valence-electron chi connectivity index (χ2n) is 8.59. The first-order chi connectivity index (χ1) is 16.1. The van der Waals surface area contributed by atoms with E-state index in [1.54, 1.807) is 12.1 Å². The molecule has 0 bridgehead atoms. The summed E-state index contributed by atoms with van der Waals surface area (Å²) in [6.07, 6.45) is 9.38. The first kappa shape index (κ1) is 23.1. The molecule has 4 rings (SSSR count). The smallest absolute Gasteiger partial charge is 0.167 e. The van der Waals surface area contributed by atoms with Gasteiger partial charge in [0.25, 0.3) is 0 Å². The Kier molecular flexibility index (Phi) is 7.20. The molecule has 0 saturated heterocycles. The van der Waals surface area contributed by atoms with Crippen LogP contribution in [0.1, 0.15) is 45.1 Å². The summed E-state index contributed by atoms with van der Waals surface area (Å²) in [4.78, 5) is 0. The van der Waals surface area contributed by atoms with Crippen LogP contribution in [0.2, 0.25) is 0 Å². The SMILES string of the molecule is CCCOC1(CCC)C=CC(c2ccc(-c3ccc(-c4ccccc4)cc3)c(F)c2F)=CC1. The summed E-state index contributed by atoms with van der Waals surface area (Å²) < 4.78 is 36.4. The minimum Gasteiger partial charge on any atom is -0.371 e. The zero-order valence-electron chi connectivity index (χ0n) is 19.3. The minimum absolute atomic E-state index is 0.267. The Morgan fingerprint density at radius 1 is 0.758 bits per heavy atom. The van der Waals surface area contributed by atoms with E-state index in [2.05, 4.69) is 13.8 Å². The number of allylic oxidation sites excluding steroid dienone is 2. The molecule has 0 spiro atoms. The van der Waals surface area contributed by atoms with Crippen molar-refractivity contribution in [3.63, 3.8) is 0 Å². The average molecular weight is 445 g/mol. The van der Waals surface area contributed by atoms with Gasteiger partial charge >= 0.3 is 0 Å². The Balaban J connectivity index is 1.58. The molecule has 0 heterocycles. The van der Waals surface area contributed by atoms with Crippen molar-refractivity contribution < 1.29 is 13.5 Å². The first-order valence-corrected chi connectivity index (χ1v) is 11.7. The first-order valence-electron chi connectivity index (χ1n) is 11.7. The van der Waals surface area contributed by atoms with Gasteiger partial charge in [0, 0.05) is 17.7 Å². The molecule has 3 heteroatoms. The Hall–Kier alpha value is -3.04. The van der Waals surface area contributed by atoms with Gasteiger partial charge in [-0.3, -0.25) is 0 Å². The third-order valence-electron chi connectivity index (χ3n) is 6.20. The lowest BCUT2D eigenvalue weighted by atomic mass is 9.85. The molecule has 1 nitrogen and oxygen atoms in total. The van der Waals surface area contributed by atoms with E-state index < -0.39 is 11.6 Å². The molecular weight excluding hydrogens is 414 g/mol. The van der Waals surface area contributed by atoms with E-state index in [0.29, 0.717) is 24.2 Å². The zero-order chi connectivity index (χ0) is 23.3. The van der Waals surface area contributed by atoms with E-state index in [1.165, 1.54) is 0 Å². The fourth-order valence-electron chi connectivity index (χ4n) is 4.42. The lowest BCUT2D eigenvalue weighted by Gasteiger charge is -2.32. The Morgan fingerprint density at radius 2 is 1.39 bits per heavy atom. The van der Waals surface area contributed by atoms with Crippen molar-refractivity contribution in [1.82, 2.24) is 0 Å². The third-order valence-corrected chi connectivity index (χ3v) is 6.20. The van der Waals surface area contributed by atoms with E-state index in [1.807, 2.05) is 72.8 Å². The molecular formula is C30H30F2O. The van der Waals surface area contributed by atoms with Crippen molar-refractivity contribution in [3.8, 4) is 22.3 Å². The van der Waals surface area contributed by atoms with Crippen LogP contribution in [0, 0.1) is 11.6 Å². The van der Waals surface area contributed by atoms with Crippen LogP contribution in [0.25, 0.3) is 27.8 Å². The molecule has 0 aliphatic heterocycles. The molecule has 1 unspecified atom stereocenters. The molecule has 1 aliphatic carbocycles. The summed E-state index contributed by atoms with van der Waals surface area (Å²) in [5, 5.41) is 0. The van der Waals surface area contributed by atoms with Gasteiger partial charge in [0.15, 0.2) is 11.6 Å². The highest BCUT2D eigenvalue weighted by Crippen LogP contribution is 2.36. The van der Waals surface area contributed by atoms with Gasteiger partial charge < -0.3 is 4.74 Å². The van der Waals surface area contributed by atoms with Crippen molar-refractivity contribution in [2.24, 2.45) is 0 Å². The molecule has 1 aliphatic rings. The molecule has 3 aromatic carbocycles.